The van der Waals surface area contributed by atoms with Crippen LogP contribution in [0.3, 0.4) is 0 Å². The zero-order chi connectivity index (χ0) is 18.8. The van der Waals surface area contributed by atoms with Crippen molar-refractivity contribution in [3.05, 3.63) is 132 Å². The SMILES string of the molecule is c1ccc(/N=C2/c3ccccc3NC2(c2ccccc2)c2ccccc2)cc1. The maximum Gasteiger partial charge on any atom is 0.132 e. The molecule has 4 aromatic rings. The number of fused-ring (bicyclic) bond motifs is 1. The Labute approximate surface area is 165 Å². The molecular formula is C26H20N2. The van der Waals surface area contributed by atoms with Crippen LogP contribution < -0.4 is 5.32 Å². The van der Waals surface area contributed by atoms with Crippen molar-refractivity contribution in [3.63, 3.8) is 0 Å². The third-order valence-electron chi connectivity index (χ3n) is 5.27. The Hall–Kier alpha value is -3.65. The highest BCUT2D eigenvalue weighted by molar-refractivity contribution is 6.19. The largest absolute Gasteiger partial charge is 0.366 e. The van der Waals surface area contributed by atoms with Gasteiger partial charge in [-0.3, -0.25) is 0 Å². The fourth-order valence-electron chi connectivity index (χ4n) is 4.00. The molecule has 2 nitrogen and oxygen atoms in total. The summed E-state index contributed by atoms with van der Waals surface area (Å²) in [6.45, 7) is 0. The van der Waals surface area contributed by atoms with Gasteiger partial charge >= 0.3 is 0 Å². The zero-order valence-corrected chi connectivity index (χ0v) is 15.4. The minimum Gasteiger partial charge on any atom is -0.366 e. The van der Waals surface area contributed by atoms with Crippen LogP contribution in [0.4, 0.5) is 11.4 Å². The van der Waals surface area contributed by atoms with Crippen LogP contribution in [0, 0.1) is 0 Å². The minimum atomic E-state index is -0.540. The van der Waals surface area contributed by atoms with Crippen molar-refractivity contribution < 1.29 is 0 Å². The monoisotopic (exact) mass is 360 g/mol. The van der Waals surface area contributed by atoms with E-state index >= 15 is 0 Å². The van der Waals surface area contributed by atoms with E-state index in [0.29, 0.717) is 0 Å². The molecule has 0 amide bonds. The molecule has 1 N–H and O–H groups in total. The molecule has 0 spiro atoms. The number of hydrogen-bond donors (Lipinski definition) is 1. The van der Waals surface area contributed by atoms with Crippen molar-refractivity contribution in [2.24, 2.45) is 4.99 Å². The second kappa shape index (κ2) is 6.82. The fourth-order valence-corrected chi connectivity index (χ4v) is 4.00. The van der Waals surface area contributed by atoms with Gasteiger partial charge in [0.05, 0.1) is 11.4 Å². The van der Waals surface area contributed by atoms with E-state index in [9.17, 15) is 0 Å². The molecule has 134 valence electrons. The van der Waals surface area contributed by atoms with Gasteiger partial charge in [0.15, 0.2) is 0 Å². The fraction of sp³-hybridized carbons (Fsp3) is 0.0385. The highest BCUT2D eigenvalue weighted by Crippen LogP contribution is 2.45. The number of benzene rings is 4. The Morgan fingerprint density at radius 3 is 1.64 bits per heavy atom. The van der Waals surface area contributed by atoms with Gasteiger partial charge in [-0.1, -0.05) is 97.1 Å². The first-order valence-electron chi connectivity index (χ1n) is 9.51. The lowest BCUT2D eigenvalue weighted by atomic mass is 9.79. The number of hydrogen-bond acceptors (Lipinski definition) is 2. The number of nitrogens with one attached hydrogen (secondary N) is 1. The van der Waals surface area contributed by atoms with Gasteiger partial charge in [0.1, 0.15) is 5.54 Å². The average molecular weight is 360 g/mol. The Balaban J connectivity index is 1.84. The van der Waals surface area contributed by atoms with Crippen molar-refractivity contribution in [3.8, 4) is 0 Å². The second-order valence-electron chi connectivity index (χ2n) is 6.95. The van der Waals surface area contributed by atoms with Gasteiger partial charge < -0.3 is 5.32 Å². The molecule has 0 fully saturated rings. The van der Waals surface area contributed by atoms with E-state index in [-0.39, 0.29) is 0 Å². The van der Waals surface area contributed by atoms with Crippen molar-refractivity contribution in [1.82, 2.24) is 0 Å². The lowest BCUT2D eigenvalue weighted by Crippen LogP contribution is -2.40. The molecule has 1 aliphatic rings. The quantitative estimate of drug-likeness (QED) is 0.464. The van der Waals surface area contributed by atoms with Gasteiger partial charge in [0.2, 0.25) is 0 Å². The molecule has 5 rings (SSSR count). The summed E-state index contributed by atoms with van der Waals surface area (Å²) in [7, 11) is 0. The van der Waals surface area contributed by atoms with Crippen LogP contribution in [0.2, 0.25) is 0 Å². The summed E-state index contributed by atoms with van der Waals surface area (Å²) in [4.78, 5) is 5.16. The normalized spacial score (nSPS) is 15.8. The molecule has 0 saturated heterocycles. The van der Waals surface area contributed by atoms with Crippen LogP contribution in [0.5, 0.6) is 0 Å². The van der Waals surface area contributed by atoms with E-state index in [0.717, 1.165) is 22.6 Å². The second-order valence-corrected chi connectivity index (χ2v) is 6.95. The van der Waals surface area contributed by atoms with Crippen molar-refractivity contribution in [1.29, 1.82) is 0 Å². The molecule has 0 unspecified atom stereocenters. The van der Waals surface area contributed by atoms with Gasteiger partial charge in [-0.25, -0.2) is 4.99 Å². The zero-order valence-electron chi connectivity index (χ0n) is 15.4. The van der Waals surface area contributed by atoms with Gasteiger partial charge in [0.25, 0.3) is 0 Å². The van der Waals surface area contributed by atoms with Crippen LogP contribution in [0.25, 0.3) is 0 Å². The summed E-state index contributed by atoms with van der Waals surface area (Å²) in [6, 6.07) is 39.8. The molecule has 1 heterocycles. The Bertz CT molecular complexity index is 1080. The number of rotatable bonds is 3. The van der Waals surface area contributed by atoms with E-state index in [1.54, 1.807) is 0 Å². The Morgan fingerprint density at radius 1 is 0.536 bits per heavy atom. The number of para-hydroxylation sites is 2. The molecule has 0 saturated carbocycles. The van der Waals surface area contributed by atoms with Crippen LogP contribution >= 0.6 is 0 Å². The van der Waals surface area contributed by atoms with Gasteiger partial charge in [0, 0.05) is 11.3 Å². The molecule has 0 aromatic heterocycles. The predicted molar refractivity (Wildman–Crippen MR) is 116 cm³/mol. The van der Waals surface area contributed by atoms with E-state index < -0.39 is 5.54 Å². The number of aliphatic imine (C=N–C) groups is 1. The first kappa shape index (κ1) is 16.5. The van der Waals surface area contributed by atoms with Crippen molar-refractivity contribution in [2.45, 2.75) is 5.54 Å². The maximum atomic E-state index is 5.16. The summed E-state index contributed by atoms with van der Waals surface area (Å²) >= 11 is 0. The van der Waals surface area contributed by atoms with Crippen LogP contribution in [0.1, 0.15) is 16.7 Å². The Morgan fingerprint density at radius 2 is 1.04 bits per heavy atom. The third kappa shape index (κ3) is 2.62. The summed E-state index contributed by atoms with van der Waals surface area (Å²) in [5, 5.41) is 3.82. The van der Waals surface area contributed by atoms with Crippen LogP contribution in [0.15, 0.2) is 120 Å². The molecule has 1 aliphatic heterocycles. The minimum absolute atomic E-state index is 0.540. The van der Waals surface area contributed by atoms with E-state index in [1.807, 2.05) is 18.2 Å². The molecule has 0 bridgehead atoms. The van der Waals surface area contributed by atoms with Crippen LogP contribution in [-0.4, -0.2) is 5.71 Å². The third-order valence-corrected chi connectivity index (χ3v) is 5.27. The molecule has 28 heavy (non-hydrogen) atoms. The topological polar surface area (TPSA) is 24.4 Å². The summed E-state index contributed by atoms with van der Waals surface area (Å²) in [6.07, 6.45) is 0. The smallest absolute Gasteiger partial charge is 0.132 e. The summed E-state index contributed by atoms with van der Waals surface area (Å²) in [5.74, 6) is 0. The Kier molecular flexibility index (Phi) is 4.02. The first-order valence-corrected chi connectivity index (χ1v) is 9.51. The van der Waals surface area contributed by atoms with E-state index in [4.69, 9.17) is 4.99 Å². The highest BCUT2D eigenvalue weighted by Gasteiger charge is 2.46. The van der Waals surface area contributed by atoms with Gasteiger partial charge in [-0.2, -0.15) is 0 Å². The number of anilines is 1. The lowest BCUT2D eigenvalue weighted by Gasteiger charge is -2.32. The summed E-state index contributed by atoms with van der Waals surface area (Å²) in [5.41, 5.74) is 6.02. The maximum absolute atomic E-state index is 5.16. The van der Waals surface area contributed by atoms with Gasteiger partial charge in [-0.05, 0) is 29.3 Å². The molecule has 0 radical (unpaired) electrons. The molecular weight excluding hydrogens is 340 g/mol. The number of nitrogens with zero attached hydrogens (tertiary/aromatic N) is 1. The molecule has 2 heteroatoms. The molecule has 0 aliphatic carbocycles. The highest BCUT2D eigenvalue weighted by atomic mass is 15.1. The van der Waals surface area contributed by atoms with Crippen LogP contribution in [-0.2, 0) is 5.54 Å². The first-order chi connectivity index (χ1) is 13.9. The van der Waals surface area contributed by atoms with Gasteiger partial charge in [-0.15, -0.1) is 0 Å². The van der Waals surface area contributed by atoms with E-state index in [2.05, 4.69) is 102 Å². The molecule has 0 atom stereocenters. The summed E-state index contributed by atoms with van der Waals surface area (Å²) < 4.78 is 0. The van der Waals surface area contributed by atoms with Crippen molar-refractivity contribution in [2.75, 3.05) is 5.32 Å². The average Bonchev–Trinajstić information content (AvgIpc) is 3.11. The van der Waals surface area contributed by atoms with Crippen molar-refractivity contribution >= 4 is 17.1 Å². The van der Waals surface area contributed by atoms with E-state index in [1.165, 1.54) is 11.1 Å². The standard InChI is InChI=1S/C26H20N2/c1-4-12-20(13-5-1)26(21-14-6-2-7-15-21)25(27-22-16-8-3-9-17-22)23-18-10-11-19-24(23)28-26/h1-19,28H/b27-25-. The lowest BCUT2D eigenvalue weighted by molar-refractivity contribution is 0.812. The molecule has 4 aromatic carbocycles. The predicted octanol–water partition coefficient (Wildman–Crippen LogP) is 6.18.